The van der Waals surface area contributed by atoms with Crippen molar-refractivity contribution >= 4 is 0 Å². The minimum atomic E-state index is 0.673. The van der Waals surface area contributed by atoms with Gasteiger partial charge in [0, 0.05) is 19.0 Å². The minimum Gasteiger partial charge on any atom is -0.316 e. The molecule has 0 aromatic carbocycles. The van der Waals surface area contributed by atoms with E-state index in [0.717, 1.165) is 19.5 Å². The molecule has 0 aliphatic carbocycles. The second-order valence-corrected chi connectivity index (χ2v) is 3.34. The van der Waals surface area contributed by atoms with E-state index in [0.29, 0.717) is 12.5 Å². The number of likely N-dealkylation sites (N-methyl/N-ethyl adjacent to an activating group) is 1. The molecule has 1 N–H and O–H groups in total. The highest BCUT2D eigenvalue weighted by molar-refractivity contribution is 4.80. The Morgan fingerprint density at radius 1 is 1.67 bits per heavy atom. The molecule has 1 fully saturated rings. The van der Waals surface area contributed by atoms with Gasteiger partial charge in [0.15, 0.2) is 0 Å². The molecule has 0 aromatic heterocycles. The molecule has 0 radical (unpaired) electrons. The first-order valence-electron chi connectivity index (χ1n) is 4.63. The van der Waals surface area contributed by atoms with Crippen LogP contribution in [0.5, 0.6) is 0 Å². The fourth-order valence-electron chi connectivity index (χ4n) is 1.65. The van der Waals surface area contributed by atoms with Crippen LogP contribution in [0.15, 0.2) is 0 Å². The van der Waals surface area contributed by atoms with E-state index in [9.17, 15) is 0 Å². The van der Waals surface area contributed by atoms with Gasteiger partial charge < -0.3 is 10.2 Å². The van der Waals surface area contributed by atoms with Crippen molar-refractivity contribution in [3.63, 3.8) is 0 Å². The van der Waals surface area contributed by atoms with Gasteiger partial charge in [-0.3, -0.25) is 0 Å². The number of nitriles is 1. The van der Waals surface area contributed by atoms with Crippen LogP contribution in [0.2, 0.25) is 0 Å². The van der Waals surface area contributed by atoms with Crippen molar-refractivity contribution in [2.75, 3.05) is 26.7 Å². The smallest absolute Gasteiger partial charge is 0.0622 e. The maximum Gasteiger partial charge on any atom is 0.0622 e. The van der Waals surface area contributed by atoms with Crippen molar-refractivity contribution in [1.82, 2.24) is 10.2 Å². The average Bonchev–Trinajstić information content (AvgIpc) is 2.53. The number of hydrogen-bond donors (Lipinski definition) is 1. The van der Waals surface area contributed by atoms with E-state index in [2.05, 4.69) is 16.3 Å². The zero-order valence-corrected chi connectivity index (χ0v) is 7.71. The highest BCUT2D eigenvalue weighted by Crippen LogP contribution is 2.08. The number of likely N-dealkylation sites (tertiary alicyclic amines) is 1. The molecule has 0 bridgehead atoms. The van der Waals surface area contributed by atoms with Crippen molar-refractivity contribution in [2.45, 2.75) is 25.3 Å². The summed E-state index contributed by atoms with van der Waals surface area (Å²) in [5, 5.41) is 11.6. The summed E-state index contributed by atoms with van der Waals surface area (Å²) in [6.07, 6.45) is 2.97. The Kier molecular flexibility index (Phi) is 4.06. The Morgan fingerprint density at radius 2 is 2.50 bits per heavy atom. The molecule has 1 saturated heterocycles. The van der Waals surface area contributed by atoms with E-state index >= 15 is 0 Å². The quantitative estimate of drug-likeness (QED) is 0.623. The maximum atomic E-state index is 8.36. The van der Waals surface area contributed by atoms with Crippen molar-refractivity contribution in [1.29, 1.82) is 5.26 Å². The molecule has 0 spiro atoms. The number of unbranched alkanes of at least 4 members (excludes halogenated alkanes) is 1. The fourth-order valence-corrected chi connectivity index (χ4v) is 1.65. The van der Waals surface area contributed by atoms with Gasteiger partial charge in [0.05, 0.1) is 6.07 Å². The highest BCUT2D eigenvalue weighted by atomic mass is 15.2. The molecule has 68 valence electrons. The van der Waals surface area contributed by atoms with Gasteiger partial charge >= 0.3 is 0 Å². The molecular weight excluding hydrogens is 150 g/mol. The van der Waals surface area contributed by atoms with E-state index in [-0.39, 0.29) is 0 Å². The SMILES string of the molecule is CNC1CCN(CCCC#N)C1. The first-order valence-corrected chi connectivity index (χ1v) is 4.63. The van der Waals surface area contributed by atoms with Crippen LogP contribution in [0.1, 0.15) is 19.3 Å². The number of hydrogen-bond acceptors (Lipinski definition) is 3. The summed E-state index contributed by atoms with van der Waals surface area (Å²) in [5.41, 5.74) is 0. The zero-order valence-electron chi connectivity index (χ0n) is 7.71. The standard InChI is InChI=1S/C9H17N3/c1-11-9-4-7-12(8-9)6-3-2-5-10/h9,11H,2-4,6-8H2,1H3. The second-order valence-electron chi connectivity index (χ2n) is 3.34. The largest absolute Gasteiger partial charge is 0.316 e. The fraction of sp³-hybridized carbons (Fsp3) is 0.889. The molecule has 1 aliphatic heterocycles. The first kappa shape index (κ1) is 9.50. The van der Waals surface area contributed by atoms with Gasteiger partial charge in [0.2, 0.25) is 0 Å². The van der Waals surface area contributed by atoms with E-state index in [4.69, 9.17) is 5.26 Å². The van der Waals surface area contributed by atoms with Crippen molar-refractivity contribution in [2.24, 2.45) is 0 Å². The van der Waals surface area contributed by atoms with Gasteiger partial charge in [-0.25, -0.2) is 0 Å². The van der Waals surface area contributed by atoms with Gasteiger partial charge in [-0.2, -0.15) is 5.26 Å². The molecule has 1 rings (SSSR count). The van der Waals surface area contributed by atoms with E-state index in [1.54, 1.807) is 0 Å². The van der Waals surface area contributed by atoms with Gasteiger partial charge in [0.25, 0.3) is 0 Å². The third kappa shape index (κ3) is 2.80. The van der Waals surface area contributed by atoms with Crippen LogP contribution in [0.4, 0.5) is 0 Å². The van der Waals surface area contributed by atoms with Crippen LogP contribution in [-0.2, 0) is 0 Å². The molecule has 12 heavy (non-hydrogen) atoms. The van der Waals surface area contributed by atoms with Crippen LogP contribution in [0.25, 0.3) is 0 Å². The summed E-state index contributed by atoms with van der Waals surface area (Å²) >= 11 is 0. The summed E-state index contributed by atoms with van der Waals surface area (Å²) in [4.78, 5) is 2.43. The number of rotatable bonds is 4. The summed E-state index contributed by atoms with van der Waals surface area (Å²) in [7, 11) is 2.02. The number of nitrogens with zero attached hydrogens (tertiary/aromatic N) is 2. The lowest BCUT2D eigenvalue weighted by Gasteiger charge is -2.14. The molecule has 0 saturated carbocycles. The van der Waals surface area contributed by atoms with Crippen LogP contribution < -0.4 is 5.32 Å². The van der Waals surface area contributed by atoms with Crippen molar-refractivity contribution in [3.8, 4) is 6.07 Å². The van der Waals surface area contributed by atoms with Crippen LogP contribution >= 0.6 is 0 Å². The van der Waals surface area contributed by atoms with Crippen LogP contribution in [-0.4, -0.2) is 37.6 Å². The van der Waals surface area contributed by atoms with Crippen molar-refractivity contribution < 1.29 is 0 Å². The summed E-state index contributed by atoms with van der Waals surface area (Å²) in [5.74, 6) is 0. The zero-order chi connectivity index (χ0) is 8.81. The second kappa shape index (κ2) is 5.13. The lowest BCUT2D eigenvalue weighted by Crippen LogP contribution is -2.30. The van der Waals surface area contributed by atoms with Crippen molar-refractivity contribution in [3.05, 3.63) is 0 Å². The van der Waals surface area contributed by atoms with E-state index < -0.39 is 0 Å². The Bertz CT molecular complexity index is 162. The summed E-state index contributed by atoms with van der Waals surface area (Å²) < 4.78 is 0. The van der Waals surface area contributed by atoms with Gasteiger partial charge in [0.1, 0.15) is 0 Å². The van der Waals surface area contributed by atoms with Gasteiger partial charge in [-0.1, -0.05) is 0 Å². The Balaban J connectivity index is 2.07. The lowest BCUT2D eigenvalue weighted by molar-refractivity contribution is 0.327. The van der Waals surface area contributed by atoms with E-state index in [1.165, 1.54) is 13.0 Å². The monoisotopic (exact) mass is 167 g/mol. The van der Waals surface area contributed by atoms with Gasteiger partial charge in [-0.15, -0.1) is 0 Å². The molecular formula is C9H17N3. The molecule has 1 aliphatic rings. The third-order valence-electron chi connectivity index (χ3n) is 2.44. The average molecular weight is 167 g/mol. The van der Waals surface area contributed by atoms with Crippen LogP contribution in [0, 0.1) is 11.3 Å². The molecule has 0 aromatic rings. The summed E-state index contributed by atoms with van der Waals surface area (Å²) in [6.45, 7) is 3.44. The van der Waals surface area contributed by atoms with Gasteiger partial charge in [-0.05, 0) is 33.0 Å². The molecule has 3 heteroatoms. The predicted octanol–water partition coefficient (Wildman–Crippen LogP) is 0.584. The predicted molar refractivity (Wildman–Crippen MR) is 48.8 cm³/mol. The maximum absolute atomic E-state index is 8.36. The Labute approximate surface area is 74.4 Å². The molecule has 1 heterocycles. The topological polar surface area (TPSA) is 39.1 Å². The molecule has 0 amide bonds. The normalized spacial score (nSPS) is 24.2. The highest BCUT2D eigenvalue weighted by Gasteiger charge is 2.19. The molecule has 1 atom stereocenters. The Morgan fingerprint density at radius 3 is 3.08 bits per heavy atom. The summed E-state index contributed by atoms with van der Waals surface area (Å²) in [6, 6.07) is 2.85. The number of nitrogens with one attached hydrogen (secondary N) is 1. The first-order chi connectivity index (χ1) is 5.86. The molecule has 1 unspecified atom stereocenters. The van der Waals surface area contributed by atoms with E-state index in [1.807, 2.05) is 7.05 Å². The van der Waals surface area contributed by atoms with Crippen LogP contribution in [0.3, 0.4) is 0 Å². The lowest BCUT2D eigenvalue weighted by atomic mass is 10.3. The Hall–Kier alpha value is -0.590. The third-order valence-corrected chi connectivity index (χ3v) is 2.44. The molecule has 3 nitrogen and oxygen atoms in total. The minimum absolute atomic E-state index is 0.673.